The molecule has 1 aromatic heterocycles. The Labute approximate surface area is 156 Å². The maximum Gasteiger partial charge on any atom is 0.443 e. The first-order valence-electron chi connectivity index (χ1n) is 8.64. The number of hydrogen-bond donors (Lipinski definition) is 0. The van der Waals surface area contributed by atoms with Crippen LogP contribution in [0.3, 0.4) is 0 Å². The Morgan fingerprint density at radius 2 is 1.77 bits per heavy atom. The average Bonchev–Trinajstić information content (AvgIpc) is 2.90. The highest BCUT2D eigenvalue weighted by Crippen LogP contribution is 2.36. The Morgan fingerprint density at radius 3 is 2.23 bits per heavy atom. The Bertz CT molecular complexity index is 630. The normalized spacial score (nSPS) is 17.0. The molecule has 1 aromatic rings. The highest BCUT2D eigenvalue weighted by atomic mass is 32.1. The number of halogens is 3. The van der Waals surface area contributed by atoms with Crippen LogP contribution in [0.5, 0.6) is 0 Å². The number of aromatic nitrogens is 1. The molecule has 26 heavy (non-hydrogen) atoms. The maximum absolute atomic E-state index is 13.0. The van der Waals surface area contributed by atoms with Crippen LogP contribution in [0.15, 0.2) is 0 Å². The molecule has 2 heterocycles. The molecule has 1 saturated heterocycles. The van der Waals surface area contributed by atoms with E-state index in [1.165, 1.54) is 0 Å². The van der Waals surface area contributed by atoms with E-state index in [0.29, 0.717) is 43.3 Å². The molecule has 0 aromatic carbocycles. The van der Waals surface area contributed by atoms with Gasteiger partial charge in [0, 0.05) is 37.6 Å². The minimum Gasteiger partial charge on any atom is -0.444 e. The van der Waals surface area contributed by atoms with E-state index in [1.54, 1.807) is 4.90 Å². The number of alkyl halides is 3. The van der Waals surface area contributed by atoms with Crippen LogP contribution in [0.2, 0.25) is 0 Å². The summed E-state index contributed by atoms with van der Waals surface area (Å²) in [5.74, 6) is -0.0691. The third-order valence-electron chi connectivity index (χ3n) is 3.91. The summed E-state index contributed by atoms with van der Waals surface area (Å²) < 4.78 is 44.3. The number of rotatable bonds is 3. The lowest BCUT2D eigenvalue weighted by atomic mass is 10.1. The lowest BCUT2D eigenvalue weighted by Gasteiger charge is -2.35. The van der Waals surface area contributed by atoms with E-state index >= 15 is 0 Å². The van der Waals surface area contributed by atoms with Gasteiger partial charge in [-0.2, -0.15) is 13.2 Å². The fraction of sp³-hybridized carbons (Fsp3) is 0.765. The summed E-state index contributed by atoms with van der Waals surface area (Å²) in [4.78, 5) is 20.2. The number of carbonyl (C=O) groups excluding carboxylic acids is 1. The molecule has 0 unspecified atom stereocenters. The van der Waals surface area contributed by atoms with E-state index in [0.717, 1.165) is 11.3 Å². The Morgan fingerprint density at radius 1 is 1.19 bits per heavy atom. The molecule has 2 rings (SSSR count). The highest BCUT2D eigenvalue weighted by Gasteiger charge is 2.36. The van der Waals surface area contributed by atoms with Gasteiger partial charge >= 0.3 is 12.3 Å². The monoisotopic (exact) mass is 393 g/mol. The number of carbonyl (C=O) groups is 1. The minimum absolute atomic E-state index is 0.0691. The summed E-state index contributed by atoms with van der Waals surface area (Å²) in [6.45, 7) is 11.7. The fourth-order valence-corrected chi connectivity index (χ4v) is 3.79. The molecule has 0 saturated carbocycles. The van der Waals surface area contributed by atoms with Gasteiger partial charge in [-0.15, -0.1) is 11.3 Å². The summed E-state index contributed by atoms with van der Waals surface area (Å²) in [7, 11) is 0. The third-order valence-corrected chi connectivity index (χ3v) is 5.01. The summed E-state index contributed by atoms with van der Waals surface area (Å²) in [6.07, 6.45) is -4.76. The molecule has 9 heteroatoms. The molecular formula is C17H26F3N3O2S. The molecule has 1 fully saturated rings. The van der Waals surface area contributed by atoms with E-state index in [1.807, 2.05) is 34.6 Å². The number of thiazole rings is 1. The number of hydrogen-bond acceptors (Lipinski definition) is 5. The number of ether oxygens (including phenoxy) is 1. The van der Waals surface area contributed by atoms with Crippen LogP contribution in [0, 0.1) is 0 Å². The van der Waals surface area contributed by atoms with Crippen molar-refractivity contribution in [3.8, 4) is 0 Å². The van der Waals surface area contributed by atoms with Gasteiger partial charge in [0.15, 0.2) is 5.01 Å². The van der Waals surface area contributed by atoms with Gasteiger partial charge in [-0.3, -0.25) is 4.90 Å². The zero-order valence-electron chi connectivity index (χ0n) is 15.8. The van der Waals surface area contributed by atoms with E-state index < -0.39 is 16.8 Å². The van der Waals surface area contributed by atoms with Gasteiger partial charge < -0.3 is 9.64 Å². The van der Waals surface area contributed by atoms with Crippen LogP contribution >= 0.6 is 11.3 Å². The van der Waals surface area contributed by atoms with Gasteiger partial charge in [0.1, 0.15) is 5.60 Å². The van der Waals surface area contributed by atoms with Crippen molar-refractivity contribution < 1.29 is 22.7 Å². The first-order chi connectivity index (χ1) is 11.9. The van der Waals surface area contributed by atoms with Crippen molar-refractivity contribution in [3.63, 3.8) is 0 Å². The largest absolute Gasteiger partial charge is 0.444 e. The summed E-state index contributed by atoms with van der Waals surface area (Å²) in [6, 6.07) is 0. The first-order valence-corrected chi connectivity index (χ1v) is 9.45. The smallest absolute Gasteiger partial charge is 0.443 e. The van der Waals surface area contributed by atoms with Gasteiger partial charge in [0.05, 0.1) is 5.69 Å². The SMILES string of the molecule is CC(C)c1nc(C(F)(F)F)sc1CN1CCN(C(=O)OC(C)(C)C)CC1. The second-order valence-electron chi connectivity index (χ2n) is 7.72. The Balaban J connectivity index is 1.99. The molecular weight excluding hydrogens is 367 g/mol. The van der Waals surface area contributed by atoms with Crippen molar-refractivity contribution >= 4 is 17.4 Å². The van der Waals surface area contributed by atoms with Crippen molar-refractivity contribution in [2.45, 2.75) is 58.9 Å². The zero-order chi connectivity index (χ0) is 19.7. The summed E-state index contributed by atoms with van der Waals surface area (Å²) in [5, 5.41) is -0.788. The second kappa shape index (κ2) is 7.72. The van der Waals surface area contributed by atoms with Gasteiger partial charge in [-0.05, 0) is 26.7 Å². The Hall–Kier alpha value is -1.35. The van der Waals surface area contributed by atoms with Crippen molar-refractivity contribution in [2.24, 2.45) is 0 Å². The second-order valence-corrected chi connectivity index (χ2v) is 8.81. The van der Waals surface area contributed by atoms with Gasteiger partial charge in [-0.25, -0.2) is 9.78 Å². The molecule has 0 N–H and O–H groups in total. The molecule has 1 amide bonds. The standard InChI is InChI=1S/C17H26F3N3O2S/c1-11(2)13-12(26-14(21-13)17(18,19)20)10-22-6-8-23(9-7-22)15(24)25-16(3,4)5/h11H,6-10H2,1-5H3. The van der Waals surface area contributed by atoms with Crippen LogP contribution < -0.4 is 0 Å². The molecule has 5 nitrogen and oxygen atoms in total. The summed E-state index contributed by atoms with van der Waals surface area (Å²) >= 11 is 0.720. The predicted octanol–water partition coefficient (Wildman–Crippen LogP) is 4.34. The zero-order valence-corrected chi connectivity index (χ0v) is 16.6. The molecule has 0 spiro atoms. The minimum atomic E-state index is -4.41. The molecule has 1 aliphatic rings. The van der Waals surface area contributed by atoms with Gasteiger partial charge in [0.25, 0.3) is 0 Å². The number of nitrogens with zero attached hydrogens (tertiary/aromatic N) is 3. The van der Waals surface area contributed by atoms with Crippen molar-refractivity contribution in [1.29, 1.82) is 0 Å². The van der Waals surface area contributed by atoms with E-state index in [9.17, 15) is 18.0 Å². The van der Waals surface area contributed by atoms with Crippen LogP contribution in [-0.4, -0.2) is 52.7 Å². The molecule has 148 valence electrons. The number of amides is 1. The highest BCUT2D eigenvalue weighted by molar-refractivity contribution is 7.11. The third kappa shape index (κ3) is 5.57. The summed E-state index contributed by atoms with van der Waals surface area (Å²) in [5.41, 5.74) is -0.0336. The van der Waals surface area contributed by atoms with Crippen molar-refractivity contribution in [3.05, 3.63) is 15.6 Å². The van der Waals surface area contributed by atoms with Crippen LogP contribution in [-0.2, 0) is 17.5 Å². The quantitative estimate of drug-likeness (QED) is 0.767. The average molecular weight is 393 g/mol. The molecule has 1 aliphatic heterocycles. The maximum atomic E-state index is 13.0. The van der Waals surface area contributed by atoms with E-state index in [4.69, 9.17) is 4.74 Å². The molecule has 0 radical (unpaired) electrons. The van der Waals surface area contributed by atoms with E-state index in [-0.39, 0.29) is 12.0 Å². The number of piperazine rings is 1. The lowest BCUT2D eigenvalue weighted by Crippen LogP contribution is -2.49. The van der Waals surface area contributed by atoms with Gasteiger partial charge in [0.2, 0.25) is 0 Å². The van der Waals surface area contributed by atoms with Gasteiger partial charge in [-0.1, -0.05) is 13.8 Å². The van der Waals surface area contributed by atoms with Crippen LogP contribution in [0.4, 0.5) is 18.0 Å². The Kier molecular flexibility index (Phi) is 6.22. The fourth-order valence-electron chi connectivity index (χ4n) is 2.67. The molecule has 0 bridgehead atoms. The first kappa shape index (κ1) is 21.0. The topological polar surface area (TPSA) is 45.7 Å². The molecule has 0 atom stereocenters. The van der Waals surface area contributed by atoms with Crippen molar-refractivity contribution in [1.82, 2.24) is 14.8 Å². The predicted molar refractivity (Wildman–Crippen MR) is 94.3 cm³/mol. The lowest BCUT2D eigenvalue weighted by molar-refractivity contribution is -0.137. The molecule has 0 aliphatic carbocycles. The van der Waals surface area contributed by atoms with Crippen LogP contribution in [0.25, 0.3) is 0 Å². The van der Waals surface area contributed by atoms with E-state index in [2.05, 4.69) is 9.88 Å². The van der Waals surface area contributed by atoms with Crippen LogP contribution in [0.1, 0.15) is 56.1 Å². The van der Waals surface area contributed by atoms with Crippen molar-refractivity contribution in [2.75, 3.05) is 26.2 Å².